The van der Waals surface area contributed by atoms with E-state index in [1.807, 2.05) is 39.8 Å². The third kappa shape index (κ3) is 4.25. The maximum atomic E-state index is 12.6. The molecule has 0 unspecified atom stereocenters. The van der Waals surface area contributed by atoms with Gasteiger partial charge < -0.3 is 9.72 Å². The fourth-order valence-electron chi connectivity index (χ4n) is 2.76. The van der Waals surface area contributed by atoms with E-state index in [1.165, 1.54) is 23.1 Å². The Morgan fingerprint density at radius 1 is 1.30 bits per heavy atom. The topological polar surface area (TPSA) is 72.0 Å². The van der Waals surface area contributed by atoms with Crippen molar-refractivity contribution in [3.63, 3.8) is 0 Å². The van der Waals surface area contributed by atoms with Crippen LogP contribution >= 0.6 is 23.1 Å². The van der Waals surface area contributed by atoms with Crippen molar-refractivity contribution in [1.82, 2.24) is 9.97 Å². The van der Waals surface area contributed by atoms with Gasteiger partial charge in [-0.25, -0.2) is 4.98 Å². The highest BCUT2D eigenvalue weighted by Gasteiger charge is 2.17. The van der Waals surface area contributed by atoms with Gasteiger partial charge in [0.15, 0.2) is 5.78 Å². The van der Waals surface area contributed by atoms with Crippen molar-refractivity contribution in [2.24, 2.45) is 0 Å². The summed E-state index contributed by atoms with van der Waals surface area (Å²) in [6, 6.07) is 7.19. The predicted molar refractivity (Wildman–Crippen MR) is 112 cm³/mol. The molecule has 5 nitrogen and oxygen atoms in total. The summed E-state index contributed by atoms with van der Waals surface area (Å²) >= 11 is 3.00. The zero-order valence-electron chi connectivity index (χ0n) is 15.8. The van der Waals surface area contributed by atoms with Crippen molar-refractivity contribution in [3.05, 3.63) is 56.4 Å². The van der Waals surface area contributed by atoms with E-state index in [0.29, 0.717) is 29.1 Å². The van der Waals surface area contributed by atoms with E-state index in [4.69, 9.17) is 4.74 Å². The standard InChI is InChI=1S/C20H22N2O3S2/c1-5-25-15-8-6-14(7-9-15)18(23)13(4)26-10-16-21-19(24)17-11(2)12(3)27-20(17)22-16/h6-9,13H,5,10H2,1-4H3,(H,21,22,24)/t13-/m0/s1. The van der Waals surface area contributed by atoms with Gasteiger partial charge in [0.05, 0.1) is 23.0 Å². The normalized spacial score (nSPS) is 12.3. The monoisotopic (exact) mass is 402 g/mol. The number of nitrogens with one attached hydrogen (secondary N) is 1. The van der Waals surface area contributed by atoms with E-state index >= 15 is 0 Å². The lowest BCUT2D eigenvalue weighted by Gasteiger charge is -2.11. The largest absolute Gasteiger partial charge is 0.494 e. The van der Waals surface area contributed by atoms with Crippen LogP contribution in [0, 0.1) is 13.8 Å². The van der Waals surface area contributed by atoms with Gasteiger partial charge in [-0.3, -0.25) is 9.59 Å². The molecule has 0 amide bonds. The quantitative estimate of drug-likeness (QED) is 0.589. The van der Waals surface area contributed by atoms with Crippen LogP contribution in [-0.2, 0) is 5.75 Å². The predicted octanol–water partition coefficient (Wildman–Crippen LogP) is 4.50. The van der Waals surface area contributed by atoms with Crippen LogP contribution in [0.2, 0.25) is 0 Å². The molecule has 0 radical (unpaired) electrons. The Bertz CT molecular complexity index is 1020. The number of rotatable bonds is 7. The minimum absolute atomic E-state index is 0.0503. The molecular formula is C20H22N2O3S2. The number of ether oxygens (including phenoxy) is 1. The minimum atomic E-state index is -0.240. The fraction of sp³-hybridized carbons (Fsp3) is 0.350. The van der Waals surface area contributed by atoms with E-state index < -0.39 is 0 Å². The van der Waals surface area contributed by atoms with Crippen molar-refractivity contribution in [3.8, 4) is 5.75 Å². The third-order valence-electron chi connectivity index (χ3n) is 4.38. The van der Waals surface area contributed by atoms with Gasteiger partial charge in [-0.05, 0) is 57.5 Å². The third-order valence-corrected chi connectivity index (χ3v) is 6.63. The summed E-state index contributed by atoms with van der Waals surface area (Å²) in [7, 11) is 0. The number of fused-ring (bicyclic) bond motifs is 1. The number of carbonyl (C=O) groups is 1. The van der Waals surface area contributed by atoms with Crippen molar-refractivity contribution in [2.45, 2.75) is 38.7 Å². The number of hydrogen-bond donors (Lipinski definition) is 1. The van der Waals surface area contributed by atoms with Crippen LogP contribution in [-0.4, -0.2) is 27.6 Å². The molecule has 1 N–H and O–H groups in total. The van der Waals surface area contributed by atoms with Gasteiger partial charge in [-0.2, -0.15) is 0 Å². The number of nitrogens with zero attached hydrogens (tertiary/aromatic N) is 1. The molecule has 2 aromatic heterocycles. The number of ketones is 1. The Morgan fingerprint density at radius 3 is 2.67 bits per heavy atom. The zero-order chi connectivity index (χ0) is 19.6. The number of thioether (sulfide) groups is 1. The van der Waals surface area contributed by atoms with Gasteiger partial charge in [-0.1, -0.05) is 0 Å². The number of hydrogen-bond acceptors (Lipinski definition) is 6. The van der Waals surface area contributed by atoms with Gasteiger partial charge in [0.1, 0.15) is 16.4 Å². The number of Topliss-reactive ketones (excluding diaryl/α,β-unsaturated/α-hetero) is 1. The number of benzene rings is 1. The Morgan fingerprint density at radius 2 is 2.00 bits per heavy atom. The molecule has 27 heavy (non-hydrogen) atoms. The number of aryl methyl sites for hydroxylation is 2. The number of H-pyrrole nitrogens is 1. The second kappa shape index (κ2) is 8.27. The molecule has 0 saturated carbocycles. The van der Waals surface area contributed by atoms with Gasteiger partial charge >= 0.3 is 0 Å². The van der Waals surface area contributed by atoms with Crippen molar-refractivity contribution in [1.29, 1.82) is 0 Å². The van der Waals surface area contributed by atoms with Crippen molar-refractivity contribution >= 4 is 39.1 Å². The SMILES string of the molecule is CCOc1ccc(C(=O)[C@H](C)SCc2nc3sc(C)c(C)c3c(=O)[nH]2)cc1. The molecule has 1 aromatic carbocycles. The molecule has 3 aromatic rings. The highest BCUT2D eigenvalue weighted by molar-refractivity contribution is 7.99. The number of aromatic nitrogens is 2. The average molecular weight is 403 g/mol. The second-order valence-corrected chi connectivity index (χ2v) is 8.78. The molecule has 3 rings (SSSR count). The maximum Gasteiger partial charge on any atom is 0.259 e. The van der Waals surface area contributed by atoms with Crippen LogP contribution in [0.15, 0.2) is 29.1 Å². The highest BCUT2D eigenvalue weighted by Crippen LogP contribution is 2.27. The van der Waals surface area contributed by atoms with Crippen LogP contribution in [0.4, 0.5) is 0 Å². The van der Waals surface area contributed by atoms with Gasteiger partial charge in [0, 0.05) is 10.4 Å². The first kappa shape index (κ1) is 19.6. The van der Waals surface area contributed by atoms with Crippen LogP contribution in [0.5, 0.6) is 5.75 Å². The molecule has 0 spiro atoms. The Labute approximate surface area is 166 Å². The van der Waals surface area contributed by atoms with Crippen molar-refractivity contribution in [2.75, 3.05) is 6.61 Å². The van der Waals surface area contributed by atoms with E-state index in [9.17, 15) is 9.59 Å². The van der Waals surface area contributed by atoms with Gasteiger partial charge in [0.2, 0.25) is 0 Å². The summed E-state index contributed by atoms with van der Waals surface area (Å²) in [6.45, 7) is 8.33. The Hall–Kier alpha value is -2.12. The molecule has 1 atom stereocenters. The molecule has 0 aliphatic carbocycles. The highest BCUT2D eigenvalue weighted by atomic mass is 32.2. The molecule has 0 aliphatic rings. The van der Waals surface area contributed by atoms with Gasteiger partial charge in [-0.15, -0.1) is 23.1 Å². The summed E-state index contributed by atoms with van der Waals surface area (Å²) in [6.07, 6.45) is 0. The van der Waals surface area contributed by atoms with Gasteiger partial charge in [0.25, 0.3) is 5.56 Å². The van der Waals surface area contributed by atoms with Crippen LogP contribution in [0.25, 0.3) is 10.2 Å². The number of aromatic amines is 1. The first-order valence-corrected chi connectivity index (χ1v) is 10.6. The van der Waals surface area contributed by atoms with Crippen molar-refractivity contribution < 1.29 is 9.53 Å². The Balaban J connectivity index is 1.69. The lowest BCUT2D eigenvalue weighted by atomic mass is 10.1. The minimum Gasteiger partial charge on any atom is -0.494 e. The lowest BCUT2D eigenvalue weighted by molar-refractivity contribution is 0.0994. The summed E-state index contributed by atoms with van der Waals surface area (Å²) in [5, 5.41) is 0.431. The summed E-state index contributed by atoms with van der Waals surface area (Å²) < 4.78 is 5.41. The molecule has 142 valence electrons. The molecule has 0 bridgehead atoms. The fourth-order valence-corrected chi connectivity index (χ4v) is 4.64. The molecular weight excluding hydrogens is 380 g/mol. The molecule has 0 aliphatic heterocycles. The summed E-state index contributed by atoms with van der Waals surface area (Å²) in [5.41, 5.74) is 1.53. The molecule has 0 saturated heterocycles. The van der Waals surface area contributed by atoms with E-state index in [-0.39, 0.29) is 16.6 Å². The second-order valence-electron chi connectivity index (χ2n) is 6.25. The molecule has 2 heterocycles. The first-order valence-electron chi connectivity index (χ1n) is 8.78. The van der Waals surface area contributed by atoms with Crippen LogP contribution in [0.3, 0.4) is 0 Å². The number of carbonyl (C=O) groups excluding carboxylic acids is 1. The molecule has 0 fully saturated rings. The lowest BCUT2D eigenvalue weighted by Crippen LogP contribution is -2.15. The van der Waals surface area contributed by atoms with E-state index in [2.05, 4.69) is 9.97 Å². The van der Waals surface area contributed by atoms with E-state index in [1.54, 1.807) is 12.1 Å². The number of thiophene rings is 1. The zero-order valence-corrected chi connectivity index (χ0v) is 17.4. The summed E-state index contributed by atoms with van der Waals surface area (Å²) in [5.74, 6) is 1.89. The smallest absolute Gasteiger partial charge is 0.259 e. The van der Waals surface area contributed by atoms with Crippen LogP contribution in [0.1, 0.15) is 40.5 Å². The maximum absolute atomic E-state index is 12.6. The Kier molecular flexibility index (Phi) is 6.01. The first-order chi connectivity index (χ1) is 12.9. The molecule has 7 heteroatoms. The summed E-state index contributed by atoms with van der Waals surface area (Å²) in [4.78, 5) is 34.2. The van der Waals surface area contributed by atoms with Crippen LogP contribution < -0.4 is 10.3 Å². The average Bonchev–Trinajstić information content (AvgIpc) is 2.94. The van der Waals surface area contributed by atoms with E-state index in [0.717, 1.165) is 21.0 Å².